The molecule has 0 saturated carbocycles. The van der Waals surface area contributed by atoms with E-state index in [2.05, 4.69) is 20.4 Å². The Balaban J connectivity index is 1.39. The summed E-state index contributed by atoms with van der Waals surface area (Å²) in [4.78, 5) is 22.1. The number of nitrogens with zero attached hydrogens (tertiary/aromatic N) is 5. The molecule has 2 aromatic carbocycles. The standard InChI is InChI=1S/C26H21F3N6O/c1-15-12-19-21(6-3-7-22(19)33-32-15)31-25(36)35-18-10-11-34(14-18)23-9-8-20(30-24(23)35)16-4-2-5-17(13-16)26(27,28)29/h2-9,12-13,18H,10-11,14H2,1H3,(H,31,36)/t18-/m0/s1. The molecular weight excluding hydrogens is 469 g/mol. The van der Waals surface area contributed by atoms with Crippen LogP contribution in [0.1, 0.15) is 17.7 Å². The molecule has 0 spiro atoms. The minimum atomic E-state index is -4.46. The molecule has 1 atom stereocenters. The highest BCUT2D eigenvalue weighted by molar-refractivity contribution is 6.08. The second-order valence-electron chi connectivity index (χ2n) is 9.03. The van der Waals surface area contributed by atoms with Crippen molar-refractivity contribution in [3.63, 3.8) is 0 Å². The van der Waals surface area contributed by atoms with E-state index in [1.165, 1.54) is 6.07 Å². The van der Waals surface area contributed by atoms with Crippen molar-refractivity contribution in [2.24, 2.45) is 0 Å². The predicted molar refractivity (Wildman–Crippen MR) is 131 cm³/mol. The fourth-order valence-electron chi connectivity index (χ4n) is 4.93. The third kappa shape index (κ3) is 3.78. The number of carbonyl (C=O) groups excluding carboxylic acids is 1. The normalized spacial score (nSPS) is 16.8. The SMILES string of the molecule is Cc1cc2c(NC(=O)N3c4nc(-c5cccc(C(F)(F)F)c5)ccc4N4CC[C@H]3C4)cccc2nn1. The molecule has 10 heteroatoms. The van der Waals surface area contributed by atoms with E-state index in [1.807, 2.05) is 25.1 Å². The van der Waals surface area contributed by atoms with Gasteiger partial charge in [0.15, 0.2) is 5.82 Å². The summed E-state index contributed by atoms with van der Waals surface area (Å²) in [6, 6.07) is 15.4. The van der Waals surface area contributed by atoms with E-state index in [1.54, 1.807) is 29.2 Å². The van der Waals surface area contributed by atoms with Crippen LogP contribution in [0.2, 0.25) is 0 Å². The molecule has 6 rings (SSSR count). The van der Waals surface area contributed by atoms with Crippen LogP contribution in [0.15, 0.2) is 60.7 Å². The van der Waals surface area contributed by atoms with Crippen LogP contribution in [0.4, 0.5) is 35.2 Å². The zero-order chi connectivity index (χ0) is 25.0. The number of rotatable bonds is 2. The number of nitrogens with one attached hydrogen (secondary N) is 1. The van der Waals surface area contributed by atoms with Crippen molar-refractivity contribution in [1.29, 1.82) is 0 Å². The molecule has 7 nitrogen and oxygen atoms in total. The number of carbonyl (C=O) groups is 1. The third-order valence-corrected chi connectivity index (χ3v) is 6.65. The first-order chi connectivity index (χ1) is 17.3. The number of hydrogen-bond acceptors (Lipinski definition) is 5. The van der Waals surface area contributed by atoms with Crippen LogP contribution in [-0.2, 0) is 6.18 Å². The molecule has 4 aromatic rings. The molecule has 0 radical (unpaired) electrons. The van der Waals surface area contributed by atoms with Gasteiger partial charge >= 0.3 is 12.2 Å². The minimum Gasteiger partial charge on any atom is -0.366 e. The maximum atomic E-state index is 13.7. The van der Waals surface area contributed by atoms with Crippen molar-refractivity contribution in [2.45, 2.75) is 25.6 Å². The van der Waals surface area contributed by atoms with Crippen LogP contribution < -0.4 is 15.1 Å². The first kappa shape index (κ1) is 22.3. The molecule has 182 valence electrons. The number of benzene rings is 2. The van der Waals surface area contributed by atoms with Crippen LogP contribution >= 0.6 is 0 Å². The summed E-state index contributed by atoms with van der Waals surface area (Å²) in [6.45, 7) is 3.28. The number of halogens is 3. The summed E-state index contributed by atoms with van der Waals surface area (Å²) in [6.07, 6.45) is -3.69. The number of fused-ring (bicyclic) bond motifs is 5. The average Bonchev–Trinajstić information content (AvgIpc) is 3.28. The van der Waals surface area contributed by atoms with E-state index < -0.39 is 11.7 Å². The largest absolute Gasteiger partial charge is 0.416 e. The van der Waals surface area contributed by atoms with Crippen LogP contribution in [0.25, 0.3) is 22.2 Å². The van der Waals surface area contributed by atoms with Gasteiger partial charge in [0.2, 0.25) is 0 Å². The summed E-state index contributed by atoms with van der Waals surface area (Å²) in [5.41, 5.74) is 2.74. The molecule has 1 saturated heterocycles. The van der Waals surface area contributed by atoms with E-state index >= 15 is 0 Å². The smallest absolute Gasteiger partial charge is 0.366 e. The summed E-state index contributed by atoms with van der Waals surface area (Å²) >= 11 is 0. The first-order valence-corrected chi connectivity index (χ1v) is 11.5. The molecule has 2 aliphatic heterocycles. The average molecular weight is 490 g/mol. The molecule has 2 bridgehead atoms. The fraction of sp³-hybridized carbons (Fsp3) is 0.231. The van der Waals surface area contributed by atoms with Crippen LogP contribution in [0, 0.1) is 6.92 Å². The van der Waals surface area contributed by atoms with Gasteiger partial charge in [0.25, 0.3) is 0 Å². The maximum Gasteiger partial charge on any atom is 0.416 e. The minimum absolute atomic E-state index is 0.0988. The lowest BCUT2D eigenvalue weighted by Gasteiger charge is -2.36. The second kappa shape index (κ2) is 8.18. The van der Waals surface area contributed by atoms with E-state index in [0.29, 0.717) is 34.8 Å². The van der Waals surface area contributed by atoms with Gasteiger partial charge in [0.1, 0.15) is 0 Å². The number of alkyl halides is 3. The van der Waals surface area contributed by atoms with Gasteiger partial charge in [-0.1, -0.05) is 18.2 Å². The Morgan fingerprint density at radius 2 is 1.89 bits per heavy atom. The highest BCUT2D eigenvalue weighted by Crippen LogP contribution is 2.41. The van der Waals surface area contributed by atoms with Gasteiger partial charge in [-0.3, -0.25) is 4.90 Å². The van der Waals surface area contributed by atoms with Crippen molar-refractivity contribution in [1.82, 2.24) is 15.2 Å². The summed E-state index contributed by atoms with van der Waals surface area (Å²) in [5.74, 6) is 0.437. The predicted octanol–water partition coefficient (Wildman–Crippen LogP) is 5.65. The fourth-order valence-corrected chi connectivity index (χ4v) is 4.93. The molecule has 36 heavy (non-hydrogen) atoms. The third-order valence-electron chi connectivity index (χ3n) is 6.65. The molecular formula is C26H21F3N6O. The number of urea groups is 1. The molecule has 1 N–H and O–H groups in total. The lowest BCUT2D eigenvalue weighted by atomic mass is 10.1. The van der Waals surface area contributed by atoms with Crippen molar-refractivity contribution in [2.75, 3.05) is 28.2 Å². The van der Waals surface area contributed by atoms with Gasteiger partial charge in [0.05, 0.1) is 39.9 Å². The molecule has 2 amide bonds. The van der Waals surface area contributed by atoms with Crippen molar-refractivity contribution in [3.8, 4) is 11.3 Å². The van der Waals surface area contributed by atoms with Gasteiger partial charge in [-0.2, -0.15) is 23.4 Å². The number of aryl methyl sites for hydroxylation is 1. The molecule has 1 fully saturated rings. The van der Waals surface area contributed by atoms with E-state index in [4.69, 9.17) is 4.98 Å². The monoisotopic (exact) mass is 490 g/mol. The quantitative estimate of drug-likeness (QED) is 0.393. The van der Waals surface area contributed by atoms with Gasteiger partial charge in [-0.15, -0.1) is 0 Å². The molecule has 0 unspecified atom stereocenters. The maximum absolute atomic E-state index is 13.7. The molecule has 2 aromatic heterocycles. The Bertz CT molecular complexity index is 1510. The van der Waals surface area contributed by atoms with E-state index in [0.717, 1.165) is 41.9 Å². The summed E-state index contributed by atoms with van der Waals surface area (Å²) < 4.78 is 39.8. The zero-order valence-electron chi connectivity index (χ0n) is 19.3. The topological polar surface area (TPSA) is 74.2 Å². The highest BCUT2D eigenvalue weighted by atomic mass is 19.4. The van der Waals surface area contributed by atoms with E-state index in [-0.39, 0.29) is 12.1 Å². The molecule has 4 heterocycles. The highest BCUT2D eigenvalue weighted by Gasteiger charge is 2.40. The Hall–Kier alpha value is -4.21. The van der Waals surface area contributed by atoms with Crippen LogP contribution in [0.3, 0.4) is 0 Å². The van der Waals surface area contributed by atoms with E-state index in [9.17, 15) is 18.0 Å². The van der Waals surface area contributed by atoms with Crippen molar-refractivity contribution in [3.05, 3.63) is 71.9 Å². The van der Waals surface area contributed by atoms with Crippen LogP contribution in [-0.4, -0.2) is 40.3 Å². The Morgan fingerprint density at radius 1 is 1.06 bits per heavy atom. The van der Waals surface area contributed by atoms with Gasteiger partial charge in [-0.25, -0.2) is 9.78 Å². The molecule has 0 aliphatic carbocycles. The number of anilines is 3. The van der Waals surface area contributed by atoms with Gasteiger partial charge in [-0.05, 0) is 55.8 Å². The second-order valence-corrected chi connectivity index (χ2v) is 9.03. The lowest BCUT2D eigenvalue weighted by molar-refractivity contribution is -0.137. The summed E-state index contributed by atoms with van der Waals surface area (Å²) in [5, 5.41) is 12.0. The van der Waals surface area contributed by atoms with Gasteiger partial charge in [0, 0.05) is 24.0 Å². The summed E-state index contributed by atoms with van der Waals surface area (Å²) in [7, 11) is 0. The van der Waals surface area contributed by atoms with Crippen molar-refractivity contribution >= 4 is 34.1 Å². The van der Waals surface area contributed by atoms with Gasteiger partial charge < -0.3 is 10.2 Å². The number of hydrogen-bond donors (Lipinski definition) is 1. The first-order valence-electron chi connectivity index (χ1n) is 11.5. The Morgan fingerprint density at radius 3 is 2.72 bits per heavy atom. The number of aromatic nitrogens is 3. The number of pyridine rings is 1. The number of amides is 2. The lowest BCUT2D eigenvalue weighted by Crippen LogP contribution is -2.48. The van der Waals surface area contributed by atoms with Crippen LogP contribution in [0.5, 0.6) is 0 Å². The molecule has 2 aliphatic rings. The Kier molecular flexibility index (Phi) is 5.06. The zero-order valence-corrected chi connectivity index (χ0v) is 19.3. The Labute approximate surface area is 204 Å². The van der Waals surface area contributed by atoms with Crippen molar-refractivity contribution < 1.29 is 18.0 Å².